The summed E-state index contributed by atoms with van der Waals surface area (Å²) in [6, 6.07) is 17.9. The summed E-state index contributed by atoms with van der Waals surface area (Å²) in [7, 11) is 0. The molecular formula is C29H36N2OS. The van der Waals surface area contributed by atoms with Crippen LogP contribution in [0.3, 0.4) is 0 Å². The van der Waals surface area contributed by atoms with Crippen molar-refractivity contribution in [2.75, 3.05) is 19.7 Å². The van der Waals surface area contributed by atoms with E-state index in [1.807, 2.05) is 11.3 Å². The Labute approximate surface area is 202 Å². The smallest absolute Gasteiger partial charge is 0.0896 e. The number of hydrogen-bond donors (Lipinski definition) is 0. The van der Waals surface area contributed by atoms with E-state index in [0.717, 1.165) is 51.1 Å². The minimum absolute atomic E-state index is 0.0143. The zero-order valence-corrected chi connectivity index (χ0v) is 21.0. The van der Waals surface area contributed by atoms with Gasteiger partial charge in [0.15, 0.2) is 0 Å². The van der Waals surface area contributed by atoms with Gasteiger partial charge in [0.2, 0.25) is 0 Å². The SMILES string of the molecule is CCC(C)(c1ccc(C)nc1)N1CCC(CCc2cccs2)(C2OCCc3ccccc32)C1. The van der Waals surface area contributed by atoms with Gasteiger partial charge in [0, 0.05) is 34.3 Å². The van der Waals surface area contributed by atoms with Crippen LogP contribution in [0.2, 0.25) is 0 Å². The number of benzene rings is 1. The molecule has 2 aromatic heterocycles. The van der Waals surface area contributed by atoms with Crippen LogP contribution in [0.4, 0.5) is 0 Å². The van der Waals surface area contributed by atoms with E-state index in [-0.39, 0.29) is 17.1 Å². The Balaban J connectivity index is 1.49. The first-order valence-electron chi connectivity index (χ1n) is 12.4. The second kappa shape index (κ2) is 9.32. The lowest BCUT2D eigenvalue weighted by atomic mass is 9.72. The number of rotatable bonds is 7. The molecule has 4 heterocycles. The molecule has 33 heavy (non-hydrogen) atoms. The molecule has 4 heteroatoms. The van der Waals surface area contributed by atoms with Gasteiger partial charge in [0.1, 0.15) is 0 Å². The fourth-order valence-electron chi connectivity index (χ4n) is 5.99. The predicted octanol–water partition coefficient (Wildman–Crippen LogP) is 6.72. The van der Waals surface area contributed by atoms with Crippen LogP contribution in [0.1, 0.15) is 66.5 Å². The molecule has 3 nitrogen and oxygen atoms in total. The van der Waals surface area contributed by atoms with Crippen LogP contribution in [-0.2, 0) is 23.1 Å². The van der Waals surface area contributed by atoms with Crippen molar-refractivity contribution in [3.63, 3.8) is 0 Å². The molecule has 174 valence electrons. The summed E-state index contributed by atoms with van der Waals surface area (Å²) >= 11 is 1.88. The van der Waals surface area contributed by atoms with Crippen LogP contribution in [0.5, 0.6) is 0 Å². The number of aryl methyl sites for hydroxylation is 2. The van der Waals surface area contributed by atoms with Crippen molar-refractivity contribution >= 4 is 11.3 Å². The number of hydrogen-bond acceptors (Lipinski definition) is 4. The quantitative estimate of drug-likeness (QED) is 0.391. The van der Waals surface area contributed by atoms with Gasteiger partial charge in [-0.2, -0.15) is 0 Å². The van der Waals surface area contributed by atoms with Crippen molar-refractivity contribution in [2.45, 2.75) is 64.5 Å². The van der Waals surface area contributed by atoms with Crippen molar-refractivity contribution in [3.8, 4) is 0 Å². The Kier molecular flexibility index (Phi) is 6.43. The number of thiophene rings is 1. The molecule has 0 amide bonds. The van der Waals surface area contributed by atoms with Gasteiger partial charge in [-0.15, -0.1) is 11.3 Å². The predicted molar refractivity (Wildman–Crippen MR) is 137 cm³/mol. The lowest BCUT2D eigenvalue weighted by molar-refractivity contribution is -0.0569. The summed E-state index contributed by atoms with van der Waals surface area (Å²) in [6.07, 6.45) is 7.82. The Morgan fingerprint density at radius 3 is 2.82 bits per heavy atom. The minimum atomic E-state index is -0.0143. The number of ether oxygens (including phenoxy) is 1. The first kappa shape index (κ1) is 22.8. The summed E-state index contributed by atoms with van der Waals surface area (Å²) < 4.78 is 6.64. The van der Waals surface area contributed by atoms with E-state index in [2.05, 4.69) is 90.8 Å². The molecule has 2 aliphatic heterocycles. The van der Waals surface area contributed by atoms with E-state index in [4.69, 9.17) is 4.74 Å². The Bertz CT molecular complexity index is 1060. The number of likely N-dealkylation sites (tertiary alicyclic amines) is 1. The van der Waals surface area contributed by atoms with Gasteiger partial charge in [0.25, 0.3) is 0 Å². The minimum Gasteiger partial charge on any atom is -0.373 e. The number of nitrogens with zero attached hydrogens (tertiary/aromatic N) is 2. The molecule has 0 N–H and O–H groups in total. The third-order valence-corrected chi connectivity index (χ3v) is 9.24. The molecule has 1 fully saturated rings. The molecule has 0 spiro atoms. The van der Waals surface area contributed by atoms with Gasteiger partial charge < -0.3 is 4.74 Å². The highest BCUT2D eigenvalue weighted by Gasteiger charge is 2.50. The normalized spacial score (nSPS) is 25.0. The average Bonchev–Trinajstić information content (AvgIpc) is 3.53. The van der Waals surface area contributed by atoms with Crippen LogP contribution in [0.15, 0.2) is 60.1 Å². The van der Waals surface area contributed by atoms with Gasteiger partial charge in [0.05, 0.1) is 12.7 Å². The van der Waals surface area contributed by atoms with E-state index in [9.17, 15) is 0 Å². The topological polar surface area (TPSA) is 25.4 Å². The summed E-state index contributed by atoms with van der Waals surface area (Å²) in [6.45, 7) is 9.79. The highest BCUT2D eigenvalue weighted by molar-refractivity contribution is 7.09. The van der Waals surface area contributed by atoms with Gasteiger partial charge in [-0.1, -0.05) is 43.3 Å². The van der Waals surface area contributed by atoms with E-state index < -0.39 is 0 Å². The summed E-state index contributed by atoms with van der Waals surface area (Å²) in [5.74, 6) is 0. The molecule has 3 atom stereocenters. The molecule has 0 saturated carbocycles. The molecule has 1 aromatic carbocycles. The maximum absolute atomic E-state index is 6.64. The van der Waals surface area contributed by atoms with Crippen LogP contribution in [0.25, 0.3) is 0 Å². The Hall–Kier alpha value is -2.01. The Morgan fingerprint density at radius 2 is 2.06 bits per heavy atom. The first-order chi connectivity index (χ1) is 16.0. The fraction of sp³-hybridized carbons (Fsp3) is 0.483. The van der Waals surface area contributed by atoms with Crippen LogP contribution in [0, 0.1) is 12.3 Å². The maximum Gasteiger partial charge on any atom is 0.0896 e. The molecule has 3 unspecified atom stereocenters. The fourth-order valence-corrected chi connectivity index (χ4v) is 6.70. The molecule has 0 aliphatic carbocycles. The van der Waals surface area contributed by atoms with Crippen LogP contribution >= 0.6 is 11.3 Å². The number of pyridine rings is 1. The number of aromatic nitrogens is 1. The standard InChI is InChI=1S/C29H36N2OS/c1-4-28(3,24-12-11-22(2)30-20-24)31-17-16-29(21-31,15-13-25-9-7-19-33-25)27-26-10-6-5-8-23(26)14-18-32-27/h5-12,19-20,27H,4,13-18,21H2,1-3H3. The molecular weight excluding hydrogens is 424 g/mol. The highest BCUT2D eigenvalue weighted by atomic mass is 32.1. The lowest BCUT2D eigenvalue weighted by Crippen LogP contribution is -2.45. The van der Waals surface area contributed by atoms with Crippen molar-refractivity contribution in [1.82, 2.24) is 9.88 Å². The van der Waals surface area contributed by atoms with Gasteiger partial charge in [-0.25, -0.2) is 0 Å². The summed E-state index contributed by atoms with van der Waals surface area (Å²) in [5, 5.41) is 2.20. The van der Waals surface area contributed by atoms with Crippen molar-refractivity contribution in [3.05, 3.63) is 87.4 Å². The molecule has 0 bridgehead atoms. The van der Waals surface area contributed by atoms with Crippen LogP contribution < -0.4 is 0 Å². The third kappa shape index (κ3) is 4.29. The molecule has 3 aromatic rings. The van der Waals surface area contributed by atoms with Gasteiger partial charge in [-0.3, -0.25) is 9.88 Å². The largest absolute Gasteiger partial charge is 0.373 e. The second-order valence-electron chi connectivity index (χ2n) is 10.1. The first-order valence-corrected chi connectivity index (χ1v) is 13.3. The third-order valence-electron chi connectivity index (χ3n) is 8.30. The summed E-state index contributed by atoms with van der Waals surface area (Å²) in [4.78, 5) is 8.86. The molecule has 0 radical (unpaired) electrons. The van der Waals surface area contributed by atoms with Crippen molar-refractivity contribution in [1.29, 1.82) is 0 Å². The second-order valence-corrected chi connectivity index (χ2v) is 11.2. The lowest BCUT2D eigenvalue weighted by Gasteiger charge is -2.44. The zero-order chi connectivity index (χ0) is 22.9. The van der Waals surface area contributed by atoms with Crippen LogP contribution in [-0.4, -0.2) is 29.6 Å². The monoisotopic (exact) mass is 460 g/mol. The van der Waals surface area contributed by atoms with Crippen molar-refractivity contribution in [2.24, 2.45) is 5.41 Å². The number of fused-ring (bicyclic) bond motifs is 1. The van der Waals surface area contributed by atoms with E-state index in [0.29, 0.717) is 0 Å². The van der Waals surface area contributed by atoms with Crippen molar-refractivity contribution < 1.29 is 4.74 Å². The van der Waals surface area contributed by atoms with E-state index in [1.54, 1.807) is 0 Å². The van der Waals surface area contributed by atoms with Gasteiger partial charge in [-0.05, 0) is 86.7 Å². The highest BCUT2D eigenvalue weighted by Crippen LogP contribution is 2.52. The Morgan fingerprint density at radius 1 is 1.18 bits per heavy atom. The zero-order valence-electron chi connectivity index (χ0n) is 20.2. The average molecular weight is 461 g/mol. The molecule has 5 rings (SSSR count). The molecule has 1 saturated heterocycles. The summed E-state index contributed by atoms with van der Waals surface area (Å²) in [5.41, 5.74) is 5.41. The van der Waals surface area contributed by atoms with Gasteiger partial charge >= 0.3 is 0 Å². The molecule has 2 aliphatic rings. The van der Waals surface area contributed by atoms with E-state index in [1.165, 1.54) is 28.0 Å². The maximum atomic E-state index is 6.64. The van der Waals surface area contributed by atoms with E-state index >= 15 is 0 Å².